The Morgan fingerprint density at radius 2 is 1.79 bits per heavy atom. The monoisotopic (exact) mass is 428 g/mol. The predicted molar refractivity (Wildman–Crippen MR) is 113 cm³/mol. The lowest BCUT2D eigenvalue weighted by molar-refractivity contribution is 0.101. The fraction of sp³-hybridized carbons (Fsp3) is 0.250. The number of hydrogen-bond donors (Lipinski definition) is 0. The lowest BCUT2D eigenvalue weighted by Gasteiger charge is -2.34. The lowest BCUT2D eigenvalue weighted by atomic mass is 10.2. The smallest absolute Gasteiger partial charge is 0.243 e. The number of benzene rings is 1. The third-order valence-corrected chi connectivity index (χ3v) is 7.65. The Kier molecular flexibility index (Phi) is 5.44. The number of aromatic nitrogens is 2. The number of carbonyl (C=O) groups excluding carboxylic acids is 1. The molecule has 7 nitrogen and oxygen atoms in total. The second-order valence-electron chi connectivity index (χ2n) is 6.73. The number of hydrogen-bond acceptors (Lipinski definition) is 7. The maximum absolute atomic E-state index is 13.0. The largest absolute Gasteiger partial charge is 0.352 e. The molecule has 3 heterocycles. The molecule has 0 aliphatic carbocycles. The molecule has 1 aliphatic rings. The minimum atomic E-state index is -3.64. The number of piperazine rings is 1. The second-order valence-corrected chi connectivity index (χ2v) is 9.61. The Bertz CT molecular complexity index is 1100. The molecule has 0 amide bonds. The van der Waals surface area contributed by atoms with Crippen LogP contribution in [0, 0.1) is 0 Å². The van der Waals surface area contributed by atoms with E-state index in [0.717, 1.165) is 16.4 Å². The number of sulfonamides is 1. The number of rotatable bonds is 5. The molecule has 150 valence electrons. The van der Waals surface area contributed by atoms with Gasteiger partial charge in [0.2, 0.25) is 10.0 Å². The number of carbonyl (C=O) groups is 1. The average molecular weight is 429 g/mol. The van der Waals surface area contributed by atoms with Crippen LogP contribution in [0.25, 0.3) is 10.6 Å². The van der Waals surface area contributed by atoms with Crippen molar-refractivity contribution in [3.8, 4) is 10.6 Å². The Labute approximate surface area is 173 Å². The van der Waals surface area contributed by atoms with Gasteiger partial charge in [-0.15, -0.1) is 21.5 Å². The molecule has 1 aromatic carbocycles. The normalized spacial score (nSPS) is 15.4. The molecule has 2 aromatic heterocycles. The molecule has 0 unspecified atom stereocenters. The molecule has 0 saturated carbocycles. The van der Waals surface area contributed by atoms with E-state index in [4.69, 9.17) is 0 Å². The second kappa shape index (κ2) is 8.02. The zero-order chi connectivity index (χ0) is 20.4. The first-order chi connectivity index (χ1) is 13.9. The molecule has 9 heteroatoms. The van der Waals surface area contributed by atoms with Crippen molar-refractivity contribution in [1.29, 1.82) is 0 Å². The number of nitrogens with zero attached hydrogens (tertiary/aromatic N) is 4. The van der Waals surface area contributed by atoms with Crippen LogP contribution in [0.2, 0.25) is 0 Å². The Hall–Kier alpha value is -2.62. The van der Waals surface area contributed by atoms with Crippen molar-refractivity contribution in [3.05, 3.63) is 59.5 Å². The Morgan fingerprint density at radius 1 is 1.00 bits per heavy atom. The van der Waals surface area contributed by atoms with Gasteiger partial charge in [0.15, 0.2) is 11.6 Å². The standard InChI is InChI=1S/C20H20N4O3S2/c1-15(25)16-4-2-5-17(14-16)29(26,27)24-11-9-23(10-12-24)20-8-7-18(21-22-20)19-6-3-13-28-19/h2-8,13-14H,9-12H2,1H3. The van der Waals surface area contributed by atoms with Gasteiger partial charge < -0.3 is 4.90 Å². The van der Waals surface area contributed by atoms with Crippen LogP contribution in [0.5, 0.6) is 0 Å². The summed E-state index contributed by atoms with van der Waals surface area (Å²) in [6.07, 6.45) is 0. The Balaban J connectivity index is 1.45. The van der Waals surface area contributed by atoms with Gasteiger partial charge in [-0.25, -0.2) is 8.42 Å². The fourth-order valence-electron chi connectivity index (χ4n) is 3.23. The van der Waals surface area contributed by atoms with E-state index in [2.05, 4.69) is 10.2 Å². The Morgan fingerprint density at radius 3 is 2.41 bits per heavy atom. The average Bonchev–Trinajstić information content (AvgIpc) is 3.29. The van der Waals surface area contributed by atoms with Crippen LogP contribution in [0.15, 0.2) is 58.8 Å². The van der Waals surface area contributed by atoms with Gasteiger partial charge >= 0.3 is 0 Å². The summed E-state index contributed by atoms with van der Waals surface area (Å²) in [5.41, 5.74) is 1.22. The van der Waals surface area contributed by atoms with E-state index in [1.807, 2.05) is 34.5 Å². The van der Waals surface area contributed by atoms with E-state index >= 15 is 0 Å². The highest BCUT2D eigenvalue weighted by Crippen LogP contribution is 2.24. The number of Topliss-reactive ketones (excluding diaryl/α,β-unsaturated/α-hetero) is 1. The van der Waals surface area contributed by atoms with E-state index < -0.39 is 10.0 Å². The zero-order valence-corrected chi connectivity index (χ0v) is 17.5. The van der Waals surface area contributed by atoms with Crippen molar-refractivity contribution in [2.45, 2.75) is 11.8 Å². The molecule has 0 atom stereocenters. The van der Waals surface area contributed by atoms with E-state index in [1.165, 1.54) is 23.4 Å². The van der Waals surface area contributed by atoms with Crippen molar-refractivity contribution in [2.75, 3.05) is 31.1 Å². The van der Waals surface area contributed by atoms with E-state index in [-0.39, 0.29) is 10.7 Å². The molecule has 29 heavy (non-hydrogen) atoms. The summed E-state index contributed by atoms with van der Waals surface area (Å²) in [7, 11) is -3.64. The molecule has 0 spiro atoms. The van der Waals surface area contributed by atoms with Gasteiger partial charge in [-0.3, -0.25) is 4.79 Å². The van der Waals surface area contributed by atoms with Crippen LogP contribution in [0.3, 0.4) is 0 Å². The third-order valence-electron chi connectivity index (χ3n) is 4.87. The molecule has 4 rings (SSSR count). The summed E-state index contributed by atoms with van der Waals surface area (Å²) in [5, 5.41) is 10.6. The first-order valence-electron chi connectivity index (χ1n) is 9.19. The van der Waals surface area contributed by atoms with Crippen LogP contribution in [-0.4, -0.2) is 54.9 Å². The maximum atomic E-state index is 13.0. The molecule has 0 N–H and O–H groups in total. The van der Waals surface area contributed by atoms with Crippen LogP contribution in [-0.2, 0) is 10.0 Å². The summed E-state index contributed by atoms with van der Waals surface area (Å²) < 4.78 is 27.4. The lowest BCUT2D eigenvalue weighted by Crippen LogP contribution is -2.49. The van der Waals surface area contributed by atoms with Crippen LogP contribution in [0.4, 0.5) is 5.82 Å². The maximum Gasteiger partial charge on any atom is 0.243 e. The van der Waals surface area contributed by atoms with Crippen molar-refractivity contribution in [2.24, 2.45) is 0 Å². The van der Waals surface area contributed by atoms with Crippen molar-refractivity contribution >= 4 is 33.0 Å². The van der Waals surface area contributed by atoms with Crippen molar-refractivity contribution in [1.82, 2.24) is 14.5 Å². The minimum Gasteiger partial charge on any atom is -0.352 e. The van der Waals surface area contributed by atoms with Crippen molar-refractivity contribution in [3.63, 3.8) is 0 Å². The fourth-order valence-corrected chi connectivity index (χ4v) is 5.39. The van der Waals surface area contributed by atoms with E-state index in [1.54, 1.807) is 23.5 Å². The summed E-state index contributed by atoms with van der Waals surface area (Å²) in [5.74, 6) is 0.581. The van der Waals surface area contributed by atoms with Gasteiger partial charge in [0, 0.05) is 31.7 Å². The third kappa shape index (κ3) is 4.07. The molecule has 1 fully saturated rings. The first-order valence-corrected chi connectivity index (χ1v) is 11.5. The summed E-state index contributed by atoms with van der Waals surface area (Å²) in [4.78, 5) is 14.8. The van der Waals surface area contributed by atoms with E-state index in [0.29, 0.717) is 31.7 Å². The van der Waals surface area contributed by atoms with Gasteiger partial charge in [-0.2, -0.15) is 4.31 Å². The molecule has 0 radical (unpaired) electrons. The number of anilines is 1. The summed E-state index contributed by atoms with van der Waals surface area (Å²) >= 11 is 1.61. The minimum absolute atomic E-state index is 0.152. The van der Waals surface area contributed by atoms with E-state index in [9.17, 15) is 13.2 Å². The number of ketones is 1. The molecule has 0 bridgehead atoms. The first kappa shape index (κ1) is 19.7. The van der Waals surface area contributed by atoms with Crippen LogP contribution < -0.4 is 4.90 Å². The van der Waals surface area contributed by atoms with Crippen LogP contribution in [0.1, 0.15) is 17.3 Å². The SMILES string of the molecule is CC(=O)c1cccc(S(=O)(=O)N2CCN(c3ccc(-c4cccs4)nn3)CC2)c1. The van der Waals surface area contributed by atoms with Crippen LogP contribution >= 0.6 is 11.3 Å². The highest BCUT2D eigenvalue weighted by atomic mass is 32.2. The van der Waals surface area contributed by atoms with Gasteiger partial charge in [0.05, 0.1) is 9.77 Å². The van der Waals surface area contributed by atoms with Gasteiger partial charge in [-0.1, -0.05) is 18.2 Å². The molecular formula is C20H20N4O3S2. The molecule has 1 saturated heterocycles. The predicted octanol–water partition coefficient (Wildman–Crippen LogP) is 2.92. The molecule has 1 aliphatic heterocycles. The summed E-state index contributed by atoms with van der Waals surface area (Å²) in [6.45, 7) is 3.18. The highest BCUT2D eigenvalue weighted by Gasteiger charge is 2.29. The van der Waals surface area contributed by atoms with Gasteiger partial charge in [0.1, 0.15) is 5.69 Å². The molecular weight excluding hydrogens is 408 g/mol. The highest BCUT2D eigenvalue weighted by molar-refractivity contribution is 7.89. The number of thiophene rings is 1. The topological polar surface area (TPSA) is 83.5 Å². The van der Waals surface area contributed by atoms with Gasteiger partial charge in [-0.05, 0) is 42.6 Å². The molecule has 3 aromatic rings. The van der Waals surface area contributed by atoms with Crippen molar-refractivity contribution < 1.29 is 13.2 Å². The summed E-state index contributed by atoms with van der Waals surface area (Å²) in [6, 6.07) is 14.0. The quantitative estimate of drug-likeness (QED) is 0.581. The van der Waals surface area contributed by atoms with Gasteiger partial charge in [0.25, 0.3) is 0 Å². The zero-order valence-electron chi connectivity index (χ0n) is 15.9.